The van der Waals surface area contributed by atoms with E-state index in [4.69, 9.17) is 16.7 Å². The number of aromatic carboxylic acids is 1. The maximum absolute atomic E-state index is 11.1. The zero-order valence-electron chi connectivity index (χ0n) is 11.6. The highest BCUT2D eigenvalue weighted by atomic mass is 35.5. The van der Waals surface area contributed by atoms with Gasteiger partial charge in [0, 0.05) is 17.6 Å². The minimum Gasteiger partial charge on any atom is -0.478 e. The summed E-state index contributed by atoms with van der Waals surface area (Å²) in [5.74, 6) is -0.185. The van der Waals surface area contributed by atoms with Gasteiger partial charge in [0.15, 0.2) is 0 Å². The summed E-state index contributed by atoms with van der Waals surface area (Å²) in [5, 5.41) is 9.71. The molecule has 0 aliphatic carbocycles. The lowest BCUT2D eigenvalue weighted by Crippen LogP contribution is -1.96. The van der Waals surface area contributed by atoms with Gasteiger partial charge in [-0.2, -0.15) is 0 Å². The number of aromatic nitrogens is 2. The van der Waals surface area contributed by atoms with Crippen molar-refractivity contribution in [3.8, 4) is 11.4 Å². The van der Waals surface area contributed by atoms with Crippen LogP contribution in [0.4, 0.5) is 0 Å². The number of hydrogen-bond donors (Lipinski definition) is 1. The van der Waals surface area contributed by atoms with Gasteiger partial charge in [-0.25, -0.2) is 9.78 Å². The predicted molar refractivity (Wildman–Crippen MR) is 82.9 cm³/mol. The Morgan fingerprint density at radius 3 is 2.71 bits per heavy atom. The van der Waals surface area contributed by atoms with Crippen LogP contribution in [-0.2, 0) is 7.05 Å². The maximum Gasteiger partial charge on any atom is 0.335 e. The van der Waals surface area contributed by atoms with Crippen molar-refractivity contribution < 1.29 is 9.90 Å². The Kier molecular flexibility index (Phi) is 3.18. The van der Waals surface area contributed by atoms with Crippen molar-refractivity contribution in [2.75, 3.05) is 0 Å². The largest absolute Gasteiger partial charge is 0.478 e. The molecule has 0 bridgehead atoms. The monoisotopic (exact) mass is 300 g/mol. The normalized spacial score (nSPS) is 11.0. The molecule has 1 heterocycles. The third-order valence-electron chi connectivity index (χ3n) is 3.57. The molecule has 21 heavy (non-hydrogen) atoms. The molecular formula is C16H13ClN2O2. The molecule has 0 aliphatic rings. The predicted octanol–water partition coefficient (Wildman–Crippen LogP) is 3.90. The maximum atomic E-state index is 11.1. The molecule has 2 aromatic carbocycles. The first kappa shape index (κ1) is 13.6. The number of carboxylic acid groups (broad SMARTS) is 1. The molecule has 3 rings (SSSR count). The van der Waals surface area contributed by atoms with Gasteiger partial charge in [0.25, 0.3) is 0 Å². The fraction of sp³-hybridized carbons (Fsp3) is 0.125. The molecule has 0 fully saturated rings. The average molecular weight is 301 g/mol. The molecule has 0 unspecified atom stereocenters. The van der Waals surface area contributed by atoms with Crippen molar-refractivity contribution in [2.24, 2.45) is 7.05 Å². The van der Waals surface area contributed by atoms with Crippen LogP contribution in [0.15, 0.2) is 36.4 Å². The Morgan fingerprint density at radius 2 is 2.00 bits per heavy atom. The number of hydrogen-bond acceptors (Lipinski definition) is 2. The van der Waals surface area contributed by atoms with E-state index in [1.807, 2.05) is 36.7 Å². The van der Waals surface area contributed by atoms with E-state index < -0.39 is 5.97 Å². The van der Waals surface area contributed by atoms with Crippen molar-refractivity contribution in [2.45, 2.75) is 6.92 Å². The summed E-state index contributed by atoms with van der Waals surface area (Å²) in [7, 11) is 1.91. The van der Waals surface area contributed by atoms with Crippen LogP contribution in [0, 0.1) is 6.92 Å². The van der Waals surface area contributed by atoms with Crippen LogP contribution in [-0.4, -0.2) is 20.6 Å². The lowest BCUT2D eigenvalue weighted by Gasteiger charge is -2.06. The molecule has 0 saturated heterocycles. The number of imidazole rings is 1. The molecule has 5 heteroatoms. The summed E-state index contributed by atoms with van der Waals surface area (Å²) >= 11 is 6.07. The van der Waals surface area contributed by atoms with Crippen LogP contribution in [0.1, 0.15) is 15.9 Å². The number of halogens is 1. The van der Waals surface area contributed by atoms with Gasteiger partial charge >= 0.3 is 5.97 Å². The second-order valence-corrected chi connectivity index (χ2v) is 5.40. The molecule has 0 spiro atoms. The fourth-order valence-electron chi connectivity index (χ4n) is 2.41. The summed E-state index contributed by atoms with van der Waals surface area (Å²) in [6.07, 6.45) is 0. The van der Waals surface area contributed by atoms with Crippen molar-refractivity contribution in [1.29, 1.82) is 0 Å². The Hall–Kier alpha value is -2.33. The Morgan fingerprint density at radius 1 is 1.24 bits per heavy atom. The van der Waals surface area contributed by atoms with Crippen LogP contribution >= 0.6 is 11.6 Å². The van der Waals surface area contributed by atoms with Crippen LogP contribution in [0.5, 0.6) is 0 Å². The fourth-order valence-corrected chi connectivity index (χ4v) is 2.58. The zero-order chi connectivity index (χ0) is 15.1. The number of aryl methyl sites for hydroxylation is 2. The van der Waals surface area contributed by atoms with Crippen molar-refractivity contribution in [3.05, 3.63) is 52.5 Å². The molecule has 0 radical (unpaired) electrons. The molecule has 0 saturated carbocycles. The van der Waals surface area contributed by atoms with Crippen LogP contribution in [0.2, 0.25) is 5.02 Å². The van der Waals surface area contributed by atoms with Gasteiger partial charge in [0.1, 0.15) is 5.82 Å². The molecule has 0 amide bonds. The molecule has 106 valence electrons. The minimum atomic E-state index is -0.956. The standard InChI is InChI=1S/C16H13ClN2O2/c1-9-3-5-11(17)8-12(9)15-18-13-7-10(16(20)21)4-6-14(13)19(15)2/h3-8H,1-2H3,(H,20,21). The number of carboxylic acids is 1. The van der Waals surface area contributed by atoms with Crippen LogP contribution in [0.3, 0.4) is 0 Å². The third-order valence-corrected chi connectivity index (χ3v) is 3.80. The highest BCUT2D eigenvalue weighted by molar-refractivity contribution is 6.30. The van der Waals surface area contributed by atoms with E-state index in [1.165, 1.54) is 0 Å². The Labute approximate surface area is 126 Å². The summed E-state index contributed by atoms with van der Waals surface area (Å²) in [6.45, 7) is 1.99. The molecule has 0 atom stereocenters. The van der Waals surface area contributed by atoms with Crippen LogP contribution < -0.4 is 0 Å². The van der Waals surface area contributed by atoms with E-state index >= 15 is 0 Å². The van der Waals surface area contributed by atoms with Gasteiger partial charge in [0.05, 0.1) is 16.6 Å². The smallest absolute Gasteiger partial charge is 0.335 e. The number of fused-ring (bicyclic) bond motifs is 1. The van der Waals surface area contributed by atoms with Gasteiger partial charge in [-0.15, -0.1) is 0 Å². The summed E-state index contributed by atoms with van der Waals surface area (Å²) in [5.41, 5.74) is 3.78. The highest BCUT2D eigenvalue weighted by Crippen LogP contribution is 2.28. The third kappa shape index (κ3) is 2.28. The lowest BCUT2D eigenvalue weighted by molar-refractivity contribution is 0.0697. The quantitative estimate of drug-likeness (QED) is 0.781. The zero-order valence-corrected chi connectivity index (χ0v) is 12.3. The van der Waals surface area contributed by atoms with E-state index in [9.17, 15) is 4.79 Å². The van der Waals surface area contributed by atoms with Crippen molar-refractivity contribution in [3.63, 3.8) is 0 Å². The van der Waals surface area contributed by atoms with Gasteiger partial charge in [-0.3, -0.25) is 0 Å². The molecule has 0 aliphatic heterocycles. The number of nitrogens with zero attached hydrogens (tertiary/aromatic N) is 2. The van der Waals surface area contributed by atoms with Gasteiger partial charge < -0.3 is 9.67 Å². The molecular weight excluding hydrogens is 288 g/mol. The molecule has 1 aromatic heterocycles. The van der Waals surface area contributed by atoms with E-state index in [0.29, 0.717) is 10.5 Å². The molecule has 3 aromatic rings. The van der Waals surface area contributed by atoms with E-state index in [-0.39, 0.29) is 5.56 Å². The van der Waals surface area contributed by atoms with Gasteiger partial charge in [-0.1, -0.05) is 17.7 Å². The van der Waals surface area contributed by atoms with Crippen LogP contribution in [0.25, 0.3) is 22.4 Å². The first-order valence-corrected chi connectivity index (χ1v) is 6.81. The van der Waals surface area contributed by atoms with E-state index in [0.717, 1.165) is 22.5 Å². The summed E-state index contributed by atoms with van der Waals surface area (Å²) in [6, 6.07) is 10.6. The van der Waals surface area contributed by atoms with Gasteiger partial charge in [0.2, 0.25) is 0 Å². The van der Waals surface area contributed by atoms with Crippen molar-refractivity contribution in [1.82, 2.24) is 9.55 Å². The average Bonchev–Trinajstić information content (AvgIpc) is 2.78. The topological polar surface area (TPSA) is 55.1 Å². The first-order chi connectivity index (χ1) is 9.97. The van der Waals surface area contributed by atoms with Gasteiger partial charge in [-0.05, 0) is 42.8 Å². The van der Waals surface area contributed by atoms with Crippen molar-refractivity contribution >= 4 is 28.6 Å². The Bertz CT molecular complexity index is 868. The number of carbonyl (C=O) groups is 1. The Balaban J connectivity index is 2.26. The lowest BCUT2D eigenvalue weighted by atomic mass is 10.1. The number of rotatable bonds is 2. The second-order valence-electron chi connectivity index (χ2n) is 4.96. The molecule has 1 N–H and O–H groups in total. The first-order valence-electron chi connectivity index (χ1n) is 6.43. The highest BCUT2D eigenvalue weighted by Gasteiger charge is 2.14. The summed E-state index contributed by atoms with van der Waals surface area (Å²) < 4.78 is 1.94. The number of benzene rings is 2. The summed E-state index contributed by atoms with van der Waals surface area (Å²) in [4.78, 5) is 15.6. The molecule has 4 nitrogen and oxygen atoms in total. The minimum absolute atomic E-state index is 0.231. The SMILES string of the molecule is Cc1ccc(Cl)cc1-c1nc2cc(C(=O)O)ccc2n1C. The van der Waals surface area contributed by atoms with E-state index in [1.54, 1.807) is 18.2 Å². The van der Waals surface area contributed by atoms with E-state index in [2.05, 4.69) is 4.98 Å². The second kappa shape index (κ2) is 4.90.